The van der Waals surface area contributed by atoms with Crippen LogP contribution in [0.5, 0.6) is 0 Å². The summed E-state index contributed by atoms with van der Waals surface area (Å²) in [7, 11) is 1.65. The molecule has 0 aliphatic rings. The number of hydrogen-bond acceptors (Lipinski definition) is 3. The second kappa shape index (κ2) is 11.8. The van der Waals surface area contributed by atoms with Gasteiger partial charge in [-0.25, -0.2) is 0 Å². The average Bonchev–Trinajstić information content (AvgIpc) is 2.22. The van der Waals surface area contributed by atoms with Gasteiger partial charge in [-0.3, -0.25) is 4.79 Å². The molecule has 0 radical (unpaired) electrons. The number of amides is 1. The number of rotatable bonds is 10. The molecule has 0 bridgehead atoms. The molecular formula is C10H20ClNO3. The maximum atomic E-state index is 11.0. The van der Waals surface area contributed by atoms with Crippen molar-refractivity contribution in [1.82, 2.24) is 5.32 Å². The molecule has 0 saturated carbocycles. The van der Waals surface area contributed by atoms with Crippen molar-refractivity contribution in [3.05, 3.63) is 0 Å². The van der Waals surface area contributed by atoms with Crippen LogP contribution in [-0.2, 0) is 14.3 Å². The minimum Gasteiger partial charge on any atom is -0.382 e. The van der Waals surface area contributed by atoms with Crippen LogP contribution in [0.25, 0.3) is 0 Å². The predicted molar refractivity (Wildman–Crippen MR) is 60.3 cm³/mol. The first-order valence-electron chi connectivity index (χ1n) is 5.20. The lowest BCUT2D eigenvalue weighted by atomic mass is 10.3. The van der Waals surface area contributed by atoms with Crippen LogP contribution in [0, 0.1) is 0 Å². The summed E-state index contributed by atoms with van der Waals surface area (Å²) in [4.78, 5) is 11.0. The molecule has 1 amide bonds. The number of carbonyl (C=O) groups is 1. The van der Waals surface area contributed by atoms with Crippen LogP contribution in [-0.4, -0.2) is 45.3 Å². The Hall–Kier alpha value is -0.320. The third kappa shape index (κ3) is 11.6. The molecule has 0 aromatic heterocycles. The Balaban J connectivity index is 3.01. The van der Waals surface area contributed by atoms with Gasteiger partial charge in [0.2, 0.25) is 5.91 Å². The van der Waals surface area contributed by atoms with Gasteiger partial charge in [0.05, 0.1) is 13.2 Å². The van der Waals surface area contributed by atoms with Crippen LogP contribution in [0.15, 0.2) is 0 Å². The molecule has 0 rings (SSSR count). The summed E-state index contributed by atoms with van der Waals surface area (Å²) in [6.45, 7) is 2.68. The summed E-state index contributed by atoms with van der Waals surface area (Å²) in [5, 5.41) is 2.78. The van der Waals surface area contributed by atoms with Crippen molar-refractivity contribution in [3.8, 4) is 0 Å². The third-order valence-corrected chi connectivity index (χ3v) is 1.98. The van der Waals surface area contributed by atoms with E-state index in [1.807, 2.05) is 0 Å². The van der Waals surface area contributed by atoms with Gasteiger partial charge >= 0.3 is 0 Å². The molecule has 0 aliphatic heterocycles. The van der Waals surface area contributed by atoms with E-state index >= 15 is 0 Å². The third-order valence-electron chi connectivity index (χ3n) is 1.79. The quantitative estimate of drug-likeness (QED) is 0.459. The molecule has 15 heavy (non-hydrogen) atoms. The van der Waals surface area contributed by atoms with E-state index in [-0.39, 0.29) is 5.91 Å². The normalized spacial score (nSPS) is 10.3. The highest BCUT2D eigenvalue weighted by Crippen LogP contribution is 1.90. The van der Waals surface area contributed by atoms with E-state index in [4.69, 9.17) is 21.1 Å². The summed E-state index contributed by atoms with van der Waals surface area (Å²) in [5.41, 5.74) is 0. The lowest BCUT2D eigenvalue weighted by Gasteiger charge is -2.05. The summed E-state index contributed by atoms with van der Waals surface area (Å²) >= 11 is 5.41. The SMILES string of the molecule is COCCOCCCCNC(=O)CCCl. The van der Waals surface area contributed by atoms with E-state index in [1.165, 1.54) is 0 Å². The van der Waals surface area contributed by atoms with Crippen LogP contribution in [0.4, 0.5) is 0 Å². The second-order valence-electron chi connectivity index (χ2n) is 3.10. The first-order chi connectivity index (χ1) is 7.31. The van der Waals surface area contributed by atoms with Crippen LogP contribution in [0.2, 0.25) is 0 Å². The van der Waals surface area contributed by atoms with Gasteiger partial charge in [-0.05, 0) is 12.8 Å². The molecule has 4 nitrogen and oxygen atoms in total. The van der Waals surface area contributed by atoms with Gasteiger partial charge in [-0.2, -0.15) is 0 Å². The van der Waals surface area contributed by atoms with Crippen LogP contribution in [0.1, 0.15) is 19.3 Å². The molecule has 0 aromatic rings. The summed E-state index contributed by atoms with van der Waals surface area (Å²) in [5.74, 6) is 0.400. The number of carbonyl (C=O) groups excluding carboxylic acids is 1. The van der Waals surface area contributed by atoms with E-state index in [9.17, 15) is 4.79 Å². The van der Waals surface area contributed by atoms with Crippen molar-refractivity contribution in [2.24, 2.45) is 0 Å². The van der Waals surface area contributed by atoms with Crippen molar-refractivity contribution in [3.63, 3.8) is 0 Å². The zero-order chi connectivity index (χ0) is 11.4. The first-order valence-corrected chi connectivity index (χ1v) is 5.74. The van der Waals surface area contributed by atoms with E-state index in [0.29, 0.717) is 32.1 Å². The van der Waals surface area contributed by atoms with Crippen molar-refractivity contribution < 1.29 is 14.3 Å². The Morgan fingerprint density at radius 1 is 1.27 bits per heavy atom. The summed E-state index contributed by atoms with van der Waals surface area (Å²) < 4.78 is 10.1. The monoisotopic (exact) mass is 237 g/mol. The largest absolute Gasteiger partial charge is 0.382 e. The molecule has 0 unspecified atom stereocenters. The molecule has 0 heterocycles. The molecule has 0 aliphatic carbocycles. The smallest absolute Gasteiger partial charge is 0.221 e. The van der Waals surface area contributed by atoms with E-state index in [2.05, 4.69) is 5.32 Å². The number of methoxy groups -OCH3 is 1. The fourth-order valence-corrected chi connectivity index (χ4v) is 1.15. The molecule has 0 atom stereocenters. The minimum atomic E-state index is 0.0188. The molecule has 5 heteroatoms. The Bertz CT molecular complexity index is 156. The van der Waals surface area contributed by atoms with Crippen molar-refractivity contribution in [2.45, 2.75) is 19.3 Å². The number of hydrogen-bond donors (Lipinski definition) is 1. The molecule has 0 spiro atoms. The summed E-state index contributed by atoms with van der Waals surface area (Å²) in [6, 6.07) is 0. The molecule has 1 N–H and O–H groups in total. The number of alkyl halides is 1. The van der Waals surface area contributed by atoms with Gasteiger partial charge in [0.25, 0.3) is 0 Å². The molecule has 0 saturated heterocycles. The highest BCUT2D eigenvalue weighted by Gasteiger charge is 1.97. The predicted octanol–water partition coefficient (Wildman–Crippen LogP) is 1.17. The van der Waals surface area contributed by atoms with Crippen molar-refractivity contribution >= 4 is 17.5 Å². The van der Waals surface area contributed by atoms with Gasteiger partial charge < -0.3 is 14.8 Å². The van der Waals surface area contributed by atoms with E-state index in [0.717, 1.165) is 19.4 Å². The average molecular weight is 238 g/mol. The van der Waals surface area contributed by atoms with Crippen LogP contribution in [0.3, 0.4) is 0 Å². The second-order valence-corrected chi connectivity index (χ2v) is 3.48. The Labute approximate surface area is 96.3 Å². The Morgan fingerprint density at radius 2 is 2.07 bits per heavy atom. The molecule has 0 fully saturated rings. The fraction of sp³-hybridized carbons (Fsp3) is 0.900. The number of nitrogens with one attached hydrogen (secondary N) is 1. The highest BCUT2D eigenvalue weighted by molar-refractivity contribution is 6.18. The number of ether oxygens (including phenoxy) is 2. The first kappa shape index (κ1) is 14.7. The van der Waals surface area contributed by atoms with Crippen LogP contribution >= 0.6 is 11.6 Å². The number of halogens is 1. The Kier molecular flexibility index (Phi) is 11.5. The van der Waals surface area contributed by atoms with Gasteiger partial charge in [-0.1, -0.05) is 0 Å². The maximum Gasteiger partial charge on any atom is 0.221 e. The van der Waals surface area contributed by atoms with Crippen LogP contribution < -0.4 is 5.32 Å². The lowest BCUT2D eigenvalue weighted by Crippen LogP contribution is -2.24. The standard InChI is InChI=1S/C10H20ClNO3/c1-14-8-9-15-7-3-2-6-12-10(13)4-5-11/h2-9H2,1H3,(H,12,13). The van der Waals surface area contributed by atoms with Gasteiger partial charge in [-0.15, -0.1) is 11.6 Å². The number of unbranched alkanes of at least 4 members (excludes halogenated alkanes) is 1. The fourth-order valence-electron chi connectivity index (χ4n) is 0.975. The molecule has 90 valence electrons. The van der Waals surface area contributed by atoms with Crippen molar-refractivity contribution in [2.75, 3.05) is 39.4 Å². The van der Waals surface area contributed by atoms with Gasteiger partial charge in [0, 0.05) is 32.6 Å². The molecule has 0 aromatic carbocycles. The topological polar surface area (TPSA) is 47.6 Å². The van der Waals surface area contributed by atoms with E-state index in [1.54, 1.807) is 7.11 Å². The Morgan fingerprint density at radius 3 is 2.73 bits per heavy atom. The van der Waals surface area contributed by atoms with E-state index < -0.39 is 0 Å². The minimum absolute atomic E-state index is 0.0188. The zero-order valence-electron chi connectivity index (χ0n) is 9.26. The zero-order valence-corrected chi connectivity index (χ0v) is 10.0. The maximum absolute atomic E-state index is 11.0. The van der Waals surface area contributed by atoms with Gasteiger partial charge in [0.1, 0.15) is 0 Å². The summed E-state index contributed by atoms with van der Waals surface area (Å²) in [6.07, 6.45) is 2.28. The molecular weight excluding hydrogens is 218 g/mol. The van der Waals surface area contributed by atoms with Crippen molar-refractivity contribution in [1.29, 1.82) is 0 Å². The lowest BCUT2D eigenvalue weighted by molar-refractivity contribution is -0.120. The van der Waals surface area contributed by atoms with Gasteiger partial charge in [0.15, 0.2) is 0 Å². The highest BCUT2D eigenvalue weighted by atomic mass is 35.5.